The molecular formula is C19H23N5O. The first-order valence-corrected chi connectivity index (χ1v) is 8.71. The Morgan fingerprint density at radius 1 is 1.20 bits per heavy atom. The molecule has 25 heavy (non-hydrogen) atoms. The molecular weight excluding hydrogens is 314 g/mol. The molecule has 1 aromatic carbocycles. The lowest BCUT2D eigenvalue weighted by atomic mass is 9.97. The number of H-pyrrole nitrogens is 1. The second-order valence-electron chi connectivity index (χ2n) is 6.84. The zero-order valence-electron chi connectivity index (χ0n) is 14.1. The fraction of sp³-hybridized carbons (Fsp3) is 0.368. The number of anilines is 1. The van der Waals surface area contributed by atoms with Crippen LogP contribution in [0.1, 0.15) is 17.5 Å². The van der Waals surface area contributed by atoms with Gasteiger partial charge in [-0.3, -0.25) is 4.90 Å². The van der Waals surface area contributed by atoms with Gasteiger partial charge in [0.2, 0.25) is 0 Å². The molecule has 3 aromatic rings. The Morgan fingerprint density at radius 2 is 2.04 bits per heavy atom. The number of nitrogens with two attached hydrogens (primary N) is 1. The van der Waals surface area contributed by atoms with Gasteiger partial charge in [-0.05, 0) is 24.3 Å². The van der Waals surface area contributed by atoms with E-state index in [0.29, 0.717) is 18.3 Å². The quantitative estimate of drug-likeness (QED) is 0.662. The molecule has 130 valence electrons. The minimum Gasteiger partial charge on any atom is -0.391 e. The number of likely N-dealkylation sites (tertiary alicyclic amines) is 1. The van der Waals surface area contributed by atoms with Gasteiger partial charge in [0.1, 0.15) is 11.8 Å². The van der Waals surface area contributed by atoms with Crippen molar-refractivity contribution in [1.29, 1.82) is 0 Å². The van der Waals surface area contributed by atoms with Crippen LogP contribution in [0, 0.1) is 5.92 Å². The average molecular weight is 337 g/mol. The van der Waals surface area contributed by atoms with E-state index >= 15 is 0 Å². The molecule has 1 aliphatic rings. The fourth-order valence-electron chi connectivity index (χ4n) is 3.73. The summed E-state index contributed by atoms with van der Waals surface area (Å²) in [6.45, 7) is 2.36. The number of aromatic amines is 1. The van der Waals surface area contributed by atoms with Crippen LogP contribution in [0.25, 0.3) is 11.0 Å². The average Bonchev–Trinajstić information content (AvgIpc) is 3.19. The normalized spacial score (nSPS) is 21.2. The van der Waals surface area contributed by atoms with E-state index < -0.39 is 0 Å². The highest BCUT2D eigenvalue weighted by atomic mass is 16.3. The molecule has 0 bridgehead atoms. The second kappa shape index (κ2) is 6.82. The molecule has 0 unspecified atom stereocenters. The molecule has 0 saturated carbocycles. The molecule has 1 aliphatic heterocycles. The topological polar surface area (TPSA) is 91.1 Å². The van der Waals surface area contributed by atoms with Crippen LogP contribution in [-0.4, -0.2) is 44.2 Å². The molecule has 2 aromatic heterocycles. The highest BCUT2D eigenvalue weighted by Gasteiger charge is 2.31. The molecule has 4 rings (SSSR count). The minimum absolute atomic E-state index is 0.270. The predicted molar refractivity (Wildman–Crippen MR) is 97.8 cm³/mol. The molecule has 1 saturated heterocycles. The van der Waals surface area contributed by atoms with Crippen molar-refractivity contribution in [2.24, 2.45) is 5.92 Å². The number of aliphatic hydroxyl groups is 1. The van der Waals surface area contributed by atoms with Crippen LogP contribution < -0.4 is 5.73 Å². The SMILES string of the molecule is Nc1ncnc2c(CN3C[C@H](CCc4ccccc4)[C@@H](O)C3)c[nH]c12. The van der Waals surface area contributed by atoms with Gasteiger partial charge in [0, 0.05) is 31.4 Å². The number of nitrogen functional groups attached to an aromatic ring is 1. The molecule has 0 amide bonds. The first-order valence-electron chi connectivity index (χ1n) is 8.71. The number of aromatic nitrogens is 3. The third kappa shape index (κ3) is 3.36. The Bertz CT molecular complexity index is 847. The number of aliphatic hydroxyl groups excluding tert-OH is 1. The highest BCUT2D eigenvalue weighted by Crippen LogP contribution is 2.26. The Kier molecular flexibility index (Phi) is 4.38. The summed E-state index contributed by atoms with van der Waals surface area (Å²) in [6.07, 6.45) is 5.18. The third-order valence-corrected chi connectivity index (χ3v) is 5.09. The number of nitrogens with one attached hydrogen (secondary N) is 1. The Labute approximate surface area is 146 Å². The molecule has 3 heterocycles. The zero-order chi connectivity index (χ0) is 17.2. The molecule has 4 N–H and O–H groups in total. The number of nitrogens with zero attached hydrogens (tertiary/aromatic N) is 3. The summed E-state index contributed by atoms with van der Waals surface area (Å²) in [5.74, 6) is 0.781. The van der Waals surface area contributed by atoms with Crippen molar-refractivity contribution in [3.8, 4) is 0 Å². The third-order valence-electron chi connectivity index (χ3n) is 5.09. The predicted octanol–water partition coefficient (Wildman–Crippen LogP) is 1.97. The number of benzene rings is 1. The Hall–Kier alpha value is -2.44. The molecule has 0 spiro atoms. The number of rotatable bonds is 5. The van der Waals surface area contributed by atoms with E-state index in [1.165, 1.54) is 11.9 Å². The lowest BCUT2D eigenvalue weighted by Crippen LogP contribution is -2.21. The molecule has 6 nitrogen and oxygen atoms in total. The van der Waals surface area contributed by atoms with Crippen LogP contribution in [-0.2, 0) is 13.0 Å². The van der Waals surface area contributed by atoms with E-state index in [1.807, 2.05) is 12.3 Å². The number of fused-ring (bicyclic) bond motifs is 1. The van der Waals surface area contributed by atoms with Crippen molar-refractivity contribution in [3.63, 3.8) is 0 Å². The summed E-state index contributed by atoms with van der Waals surface area (Å²) in [5, 5.41) is 10.4. The van der Waals surface area contributed by atoms with Crippen molar-refractivity contribution >= 4 is 16.9 Å². The van der Waals surface area contributed by atoms with Gasteiger partial charge in [0.05, 0.1) is 11.6 Å². The van der Waals surface area contributed by atoms with Crippen LogP contribution in [0.15, 0.2) is 42.9 Å². The van der Waals surface area contributed by atoms with E-state index in [1.54, 1.807) is 0 Å². The number of aryl methyl sites for hydroxylation is 1. The monoisotopic (exact) mass is 337 g/mol. The lowest BCUT2D eigenvalue weighted by Gasteiger charge is -2.15. The van der Waals surface area contributed by atoms with Crippen molar-refractivity contribution in [2.45, 2.75) is 25.5 Å². The molecule has 2 atom stereocenters. The van der Waals surface area contributed by atoms with Gasteiger partial charge in [-0.2, -0.15) is 0 Å². The Morgan fingerprint density at radius 3 is 2.88 bits per heavy atom. The summed E-state index contributed by atoms with van der Waals surface area (Å²) in [4.78, 5) is 13.8. The number of hydrogen-bond donors (Lipinski definition) is 3. The minimum atomic E-state index is -0.270. The van der Waals surface area contributed by atoms with Crippen molar-refractivity contribution in [3.05, 3.63) is 54.0 Å². The van der Waals surface area contributed by atoms with Crippen LogP contribution >= 0.6 is 0 Å². The largest absolute Gasteiger partial charge is 0.391 e. The summed E-state index contributed by atoms with van der Waals surface area (Å²) in [7, 11) is 0. The van der Waals surface area contributed by atoms with Crippen LogP contribution in [0.5, 0.6) is 0 Å². The Balaban J connectivity index is 1.40. The zero-order valence-corrected chi connectivity index (χ0v) is 14.1. The first-order chi connectivity index (χ1) is 12.2. The number of hydrogen-bond acceptors (Lipinski definition) is 5. The van der Waals surface area contributed by atoms with Crippen molar-refractivity contribution in [1.82, 2.24) is 19.9 Å². The van der Waals surface area contributed by atoms with Gasteiger partial charge in [-0.15, -0.1) is 0 Å². The lowest BCUT2D eigenvalue weighted by molar-refractivity contribution is 0.137. The number of β-amino-alcohol motifs (C(OH)–C–C–N with tert-alkyl or cyclic N) is 1. The van der Waals surface area contributed by atoms with Gasteiger partial charge in [0.25, 0.3) is 0 Å². The second-order valence-corrected chi connectivity index (χ2v) is 6.84. The van der Waals surface area contributed by atoms with Crippen LogP contribution in [0.4, 0.5) is 5.82 Å². The summed E-state index contributed by atoms with van der Waals surface area (Å²) in [5.41, 5.74) is 9.97. The van der Waals surface area contributed by atoms with E-state index in [4.69, 9.17) is 5.73 Å². The van der Waals surface area contributed by atoms with Crippen molar-refractivity contribution < 1.29 is 5.11 Å². The van der Waals surface area contributed by atoms with Crippen molar-refractivity contribution in [2.75, 3.05) is 18.8 Å². The fourth-order valence-corrected chi connectivity index (χ4v) is 3.73. The summed E-state index contributed by atoms with van der Waals surface area (Å²) >= 11 is 0. The van der Waals surface area contributed by atoms with E-state index in [0.717, 1.165) is 42.5 Å². The summed E-state index contributed by atoms with van der Waals surface area (Å²) in [6, 6.07) is 10.5. The molecule has 1 fully saturated rings. The highest BCUT2D eigenvalue weighted by molar-refractivity contribution is 5.86. The maximum absolute atomic E-state index is 10.4. The van der Waals surface area contributed by atoms with Gasteiger partial charge >= 0.3 is 0 Å². The maximum atomic E-state index is 10.4. The molecule has 0 radical (unpaired) electrons. The molecule has 0 aliphatic carbocycles. The molecule has 6 heteroatoms. The van der Waals surface area contributed by atoms with E-state index in [9.17, 15) is 5.11 Å². The van der Waals surface area contributed by atoms with Gasteiger partial charge in [-0.1, -0.05) is 30.3 Å². The standard InChI is InChI=1S/C19H23N5O/c20-19-18-17(22-12-23-19)15(8-21-18)10-24-9-14(16(25)11-24)7-6-13-4-2-1-3-5-13/h1-5,8,12,14,16,21,25H,6-7,9-11H2,(H2,20,22,23)/t14-,16-/m0/s1. The van der Waals surface area contributed by atoms with Gasteiger partial charge in [0.15, 0.2) is 5.82 Å². The van der Waals surface area contributed by atoms with Gasteiger partial charge in [-0.25, -0.2) is 9.97 Å². The summed E-state index contributed by atoms with van der Waals surface area (Å²) < 4.78 is 0. The first kappa shape index (κ1) is 16.1. The van der Waals surface area contributed by atoms with Gasteiger partial charge < -0.3 is 15.8 Å². The van der Waals surface area contributed by atoms with E-state index in [2.05, 4.69) is 44.1 Å². The maximum Gasteiger partial charge on any atom is 0.151 e. The van der Waals surface area contributed by atoms with Crippen LogP contribution in [0.3, 0.4) is 0 Å². The van der Waals surface area contributed by atoms with E-state index in [-0.39, 0.29) is 6.10 Å². The van der Waals surface area contributed by atoms with Crippen LogP contribution in [0.2, 0.25) is 0 Å². The smallest absolute Gasteiger partial charge is 0.151 e.